The van der Waals surface area contributed by atoms with Crippen molar-refractivity contribution in [2.24, 2.45) is 0 Å². The number of hydrogen-bond acceptors (Lipinski definition) is 7. The molecule has 3 rings (SSSR count). The first kappa shape index (κ1) is 20.8. The van der Waals surface area contributed by atoms with Gasteiger partial charge < -0.3 is 15.0 Å². The lowest BCUT2D eigenvalue weighted by Gasteiger charge is -2.01. The number of H-pyrrole nitrogens is 1. The summed E-state index contributed by atoms with van der Waals surface area (Å²) < 4.78 is 5.17. The van der Waals surface area contributed by atoms with Crippen LogP contribution < -0.4 is 10.1 Å². The smallest absolute Gasteiger partial charge is 0.236 e. The number of thioether (sulfide) groups is 2. The van der Waals surface area contributed by atoms with Crippen molar-refractivity contribution in [3.05, 3.63) is 41.0 Å². The van der Waals surface area contributed by atoms with Crippen molar-refractivity contribution in [2.45, 2.75) is 18.5 Å². The Hall–Kier alpha value is -1.97. The van der Waals surface area contributed by atoms with Crippen molar-refractivity contribution in [1.82, 2.24) is 15.0 Å². The Balaban J connectivity index is 1.53. The van der Waals surface area contributed by atoms with Gasteiger partial charge in [0, 0.05) is 23.1 Å². The molecule has 0 atom stereocenters. The van der Waals surface area contributed by atoms with E-state index in [4.69, 9.17) is 4.74 Å². The average molecular weight is 435 g/mol. The Morgan fingerprint density at radius 2 is 2.07 bits per heavy atom. The number of benzene rings is 1. The maximum atomic E-state index is 12.3. The average Bonchev–Trinajstić information content (AvgIpc) is 3.31. The van der Waals surface area contributed by atoms with Crippen LogP contribution >= 0.6 is 34.9 Å². The summed E-state index contributed by atoms with van der Waals surface area (Å²) in [4.78, 5) is 24.6. The SMILES string of the molecule is COc1ccc(-c2csc(NC(=O)CSc3nc(CCSC)c(C)[nH]3)n2)cc1. The van der Waals surface area contributed by atoms with Crippen LogP contribution in [0.5, 0.6) is 5.75 Å². The highest BCUT2D eigenvalue weighted by molar-refractivity contribution is 7.99. The second-order valence-electron chi connectivity index (χ2n) is 5.96. The molecule has 2 aromatic heterocycles. The molecule has 2 heterocycles. The second-order valence-corrected chi connectivity index (χ2v) is 8.77. The number of aryl methyl sites for hydroxylation is 2. The van der Waals surface area contributed by atoms with Crippen molar-refractivity contribution >= 4 is 45.9 Å². The molecule has 28 heavy (non-hydrogen) atoms. The fraction of sp³-hybridized carbons (Fsp3) is 0.316. The number of nitrogens with zero attached hydrogens (tertiary/aromatic N) is 2. The largest absolute Gasteiger partial charge is 0.497 e. The molecule has 0 radical (unpaired) electrons. The van der Waals surface area contributed by atoms with Gasteiger partial charge in [-0.25, -0.2) is 9.97 Å². The van der Waals surface area contributed by atoms with Gasteiger partial charge in [-0.05, 0) is 43.2 Å². The fourth-order valence-corrected chi connectivity index (χ4v) is 4.37. The van der Waals surface area contributed by atoms with Crippen LogP contribution in [0.15, 0.2) is 34.8 Å². The Morgan fingerprint density at radius 1 is 1.29 bits per heavy atom. The predicted molar refractivity (Wildman–Crippen MR) is 119 cm³/mol. The number of aromatic nitrogens is 3. The van der Waals surface area contributed by atoms with Gasteiger partial charge in [-0.2, -0.15) is 11.8 Å². The Morgan fingerprint density at radius 3 is 2.79 bits per heavy atom. The van der Waals surface area contributed by atoms with E-state index in [2.05, 4.69) is 26.5 Å². The summed E-state index contributed by atoms with van der Waals surface area (Å²) in [6.45, 7) is 2.02. The Bertz CT molecular complexity index is 922. The van der Waals surface area contributed by atoms with Crippen LogP contribution in [0.4, 0.5) is 5.13 Å². The third-order valence-electron chi connectivity index (χ3n) is 3.98. The number of imidazole rings is 1. The van der Waals surface area contributed by atoms with Gasteiger partial charge in [-0.15, -0.1) is 11.3 Å². The lowest BCUT2D eigenvalue weighted by molar-refractivity contribution is -0.113. The number of rotatable bonds is 9. The minimum absolute atomic E-state index is 0.0969. The van der Waals surface area contributed by atoms with E-state index >= 15 is 0 Å². The second kappa shape index (κ2) is 9.99. The van der Waals surface area contributed by atoms with Crippen LogP contribution in [0.2, 0.25) is 0 Å². The van der Waals surface area contributed by atoms with E-state index in [0.29, 0.717) is 5.13 Å². The quantitative estimate of drug-likeness (QED) is 0.483. The van der Waals surface area contributed by atoms with Gasteiger partial charge >= 0.3 is 0 Å². The normalized spacial score (nSPS) is 10.8. The van der Waals surface area contributed by atoms with Crippen molar-refractivity contribution in [2.75, 3.05) is 30.2 Å². The summed E-state index contributed by atoms with van der Waals surface area (Å²) in [5.41, 5.74) is 3.95. The van der Waals surface area contributed by atoms with Gasteiger partial charge in [0.05, 0.1) is 24.3 Å². The third-order valence-corrected chi connectivity index (χ3v) is 6.23. The summed E-state index contributed by atoms with van der Waals surface area (Å²) in [6, 6.07) is 7.68. The minimum Gasteiger partial charge on any atom is -0.497 e. The number of ether oxygens (including phenoxy) is 1. The van der Waals surface area contributed by atoms with Gasteiger partial charge in [0.25, 0.3) is 0 Å². The number of methoxy groups -OCH3 is 1. The van der Waals surface area contributed by atoms with Crippen molar-refractivity contribution < 1.29 is 9.53 Å². The van der Waals surface area contributed by atoms with Crippen LogP contribution in [0, 0.1) is 6.92 Å². The zero-order valence-electron chi connectivity index (χ0n) is 15.9. The van der Waals surface area contributed by atoms with Crippen LogP contribution in [0.1, 0.15) is 11.4 Å². The number of hydrogen-bond donors (Lipinski definition) is 2. The summed E-state index contributed by atoms with van der Waals surface area (Å²) in [6.07, 6.45) is 3.02. The molecule has 6 nitrogen and oxygen atoms in total. The lowest BCUT2D eigenvalue weighted by atomic mass is 10.2. The number of amides is 1. The third kappa shape index (κ3) is 5.52. The molecule has 9 heteroatoms. The summed E-state index contributed by atoms with van der Waals surface area (Å²) in [7, 11) is 1.64. The summed E-state index contributed by atoms with van der Waals surface area (Å²) >= 11 is 4.61. The standard InChI is InChI=1S/C19H22N4O2S3/c1-12-15(8-9-26-3)21-18(20-12)28-11-17(24)23-19-22-16(10-27-19)13-4-6-14(25-2)7-5-13/h4-7,10H,8-9,11H2,1-3H3,(H,20,21)(H,22,23,24). The maximum Gasteiger partial charge on any atom is 0.236 e. The molecule has 148 valence electrons. The zero-order valence-corrected chi connectivity index (χ0v) is 18.4. The Kier molecular flexibility index (Phi) is 7.41. The van der Waals surface area contributed by atoms with E-state index in [-0.39, 0.29) is 11.7 Å². The van der Waals surface area contributed by atoms with Gasteiger partial charge in [-0.3, -0.25) is 4.79 Å². The fourth-order valence-electron chi connectivity index (χ4n) is 2.49. The van der Waals surface area contributed by atoms with Gasteiger partial charge in [0.2, 0.25) is 5.91 Å². The van der Waals surface area contributed by atoms with Crippen LogP contribution in [-0.2, 0) is 11.2 Å². The molecule has 1 aromatic carbocycles. The molecule has 0 fully saturated rings. The monoisotopic (exact) mass is 434 g/mol. The molecule has 1 amide bonds. The molecule has 0 saturated carbocycles. The summed E-state index contributed by atoms with van der Waals surface area (Å²) in [5.74, 6) is 2.03. The molecular weight excluding hydrogens is 412 g/mol. The number of carbonyl (C=O) groups excluding carboxylic acids is 1. The van der Waals surface area contributed by atoms with Gasteiger partial charge in [0.1, 0.15) is 5.75 Å². The summed E-state index contributed by atoms with van der Waals surface area (Å²) in [5, 5.41) is 6.16. The first-order valence-corrected chi connectivity index (χ1v) is 11.9. The first-order valence-electron chi connectivity index (χ1n) is 8.66. The van der Waals surface area contributed by atoms with Gasteiger partial charge in [-0.1, -0.05) is 11.8 Å². The predicted octanol–water partition coefficient (Wildman–Crippen LogP) is 4.49. The van der Waals surface area contributed by atoms with E-state index in [1.54, 1.807) is 18.9 Å². The minimum atomic E-state index is -0.0969. The van der Waals surface area contributed by atoms with Gasteiger partial charge in [0.15, 0.2) is 10.3 Å². The highest BCUT2D eigenvalue weighted by atomic mass is 32.2. The number of anilines is 1. The number of carbonyl (C=O) groups is 1. The first-order chi connectivity index (χ1) is 13.6. The number of thiazole rings is 1. The van der Waals surface area contributed by atoms with E-state index in [0.717, 1.165) is 45.7 Å². The van der Waals surface area contributed by atoms with Crippen LogP contribution in [-0.4, -0.2) is 45.7 Å². The molecule has 0 aliphatic heterocycles. The highest BCUT2D eigenvalue weighted by Gasteiger charge is 2.11. The number of nitrogens with one attached hydrogen (secondary N) is 2. The molecule has 0 unspecified atom stereocenters. The maximum absolute atomic E-state index is 12.3. The van der Waals surface area contributed by atoms with Crippen LogP contribution in [0.3, 0.4) is 0 Å². The van der Waals surface area contributed by atoms with Crippen molar-refractivity contribution in [3.63, 3.8) is 0 Å². The lowest BCUT2D eigenvalue weighted by Crippen LogP contribution is -2.13. The molecule has 0 bridgehead atoms. The molecule has 0 spiro atoms. The molecule has 0 saturated heterocycles. The van der Waals surface area contributed by atoms with Crippen LogP contribution in [0.25, 0.3) is 11.3 Å². The molecule has 2 N–H and O–H groups in total. The van der Waals surface area contributed by atoms with Crippen molar-refractivity contribution in [1.29, 1.82) is 0 Å². The molecule has 0 aliphatic rings. The van der Waals surface area contributed by atoms with E-state index in [9.17, 15) is 4.79 Å². The highest BCUT2D eigenvalue weighted by Crippen LogP contribution is 2.27. The zero-order chi connectivity index (χ0) is 19.9. The Labute approximate surface area is 176 Å². The van der Waals surface area contributed by atoms with E-state index in [1.165, 1.54) is 23.1 Å². The molecule has 0 aliphatic carbocycles. The number of aromatic amines is 1. The van der Waals surface area contributed by atoms with Crippen molar-refractivity contribution in [3.8, 4) is 17.0 Å². The van der Waals surface area contributed by atoms with E-state index < -0.39 is 0 Å². The molecule has 3 aromatic rings. The topological polar surface area (TPSA) is 79.9 Å². The van der Waals surface area contributed by atoms with E-state index in [1.807, 2.05) is 36.6 Å². The molecular formula is C19H22N4O2S3.